The molecule has 0 fully saturated rings. The fourth-order valence-corrected chi connectivity index (χ4v) is 10.3. The average molecular weight is 1140 g/mol. The van der Waals surface area contributed by atoms with Crippen LogP contribution < -0.4 is 14.2 Å². The lowest BCUT2D eigenvalue weighted by molar-refractivity contribution is 0.0757. The van der Waals surface area contributed by atoms with E-state index < -0.39 is 184 Å². The van der Waals surface area contributed by atoms with E-state index in [4.69, 9.17) is 18.4 Å². The first-order valence-electron chi connectivity index (χ1n) is 21.2. The zero-order valence-corrected chi connectivity index (χ0v) is 39.3. The van der Waals surface area contributed by atoms with Crippen LogP contribution in [0.15, 0.2) is 93.5 Å². The first-order chi connectivity index (χ1) is 36.6. The van der Waals surface area contributed by atoms with Crippen LogP contribution in [0.1, 0.15) is 27.0 Å². The van der Waals surface area contributed by atoms with Gasteiger partial charge in [0.05, 0.1) is 11.1 Å². The Bertz CT molecular complexity index is 3570. The van der Waals surface area contributed by atoms with E-state index in [0.717, 1.165) is 0 Å². The van der Waals surface area contributed by atoms with Crippen molar-refractivity contribution in [2.24, 2.45) is 0 Å². The van der Waals surface area contributed by atoms with Crippen molar-refractivity contribution < 1.29 is 111 Å². The zero-order valence-electron chi connectivity index (χ0n) is 38.5. The molecule has 0 spiro atoms. The van der Waals surface area contributed by atoms with Crippen LogP contribution in [-0.2, 0) is 4.18 Å². The Morgan fingerprint density at radius 3 is 0.872 bits per heavy atom. The highest BCUT2D eigenvalue weighted by molar-refractivity contribution is 8.30. The molecule has 0 atom stereocenters. The number of hydrogen-bond acceptors (Lipinski definition) is 5. The van der Waals surface area contributed by atoms with Gasteiger partial charge in [-0.15, -0.1) is 0 Å². The minimum atomic E-state index is -3.96. The number of halogens is 20. The SMILES string of the molecule is Cc1ccc(S(OC(=O)c2cc(Oc3c(F)c(F)c(F)c(F)c3F)c(Oc3c(F)c(F)c(F)c(F)c3F)c(Oc3c(F)c(F)c(F)c(F)c3F)c2-c2c(F)c(F)c(F)c(F)c2F)(c2ccc(C)cc2)c2ccc(C)cc2)cc1. The summed E-state index contributed by atoms with van der Waals surface area (Å²) in [5.74, 6) is -79.5. The molecule has 8 rings (SSSR count). The third-order valence-corrected chi connectivity index (χ3v) is 14.5. The molecule has 0 amide bonds. The average Bonchev–Trinajstić information content (AvgIpc) is 3.54. The number of benzene rings is 8. The number of hydrogen-bond donors (Lipinski definition) is 0. The van der Waals surface area contributed by atoms with Gasteiger partial charge in [-0.1, -0.05) is 53.1 Å². The Kier molecular flexibility index (Phi) is 14.9. The molecule has 0 aromatic heterocycles. The monoisotopic (exact) mass is 1140 g/mol. The van der Waals surface area contributed by atoms with Crippen molar-refractivity contribution >= 4 is 16.3 Å². The molecule has 8 aromatic carbocycles. The highest BCUT2D eigenvalue weighted by atomic mass is 32.3. The van der Waals surface area contributed by atoms with E-state index in [0.29, 0.717) is 16.7 Å². The molecule has 0 aliphatic rings. The summed E-state index contributed by atoms with van der Waals surface area (Å²) in [6, 6.07) is 16.3. The number of rotatable bonds is 12. The molecule has 0 saturated carbocycles. The van der Waals surface area contributed by atoms with E-state index in [1.165, 1.54) is 72.8 Å². The lowest BCUT2D eigenvalue weighted by Crippen LogP contribution is -2.17. The maximum absolute atomic E-state index is 16.6. The van der Waals surface area contributed by atoms with Crippen LogP contribution in [0.3, 0.4) is 0 Å². The second-order valence-corrected chi connectivity index (χ2v) is 19.0. The largest absolute Gasteiger partial charge is 0.447 e. The number of aryl methyl sites for hydroxylation is 3. The molecule has 78 heavy (non-hydrogen) atoms. The van der Waals surface area contributed by atoms with Crippen LogP contribution in [0, 0.1) is 137 Å². The van der Waals surface area contributed by atoms with Crippen molar-refractivity contribution in [2.45, 2.75) is 35.5 Å². The van der Waals surface area contributed by atoms with Crippen LogP contribution in [0.25, 0.3) is 11.1 Å². The van der Waals surface area contributed by atoms with E-state index in [2.05, 4.69) is 0 Å². The van der Waals surface area contributed by atoms with Gasteiger partial charge in [0.2, 0.25) is 116 Å². The summed E-state index contributed by atoms with van der Waals surface area (Å²) in [6.45, 7) is 4.74. The van der Waals surface area contributed by atoms with E-state index >= 15 is 57.5 Å². The molecule has 0 radical (unpaired) electrons. The fraction of sp³-hybridized carbons (Fsp3) is 0.0577. The Balaban J connectivity index is 1.63. The topological polar surface area (TPSA) is 54.0 Å². The minimum absolute atomic E-state index is 0.0473. The molecule has 0 N–H and O–H groups in total. The molecule has 26 heteroatoms. The summed E-state index contributed by atoms with van der Waals surface area (Å²) >= 11 is 0. The molecular weight excluding hydrogens is 1120 g/mol. The molecular formula is C52H22F20O5S. The predicted octanol–water partition coefficient (Wildman–Crippen LogP) is 17.5. The molecule has 0 heterocycles. The van der Waals surface area contributed by atoms with E-state index in [1.54, 1.807) is 20.8 Å². The van der Waals surface area contributed by atoms with Crippen molar-refractivity contribution in [1.29, 1.82) is 0 Å². The third kappa shape index (κ3) is 9.19. The Morgan fingerprint density at radius 2 is 0.564 bits per heavy atom. The fourth-order valence-electron chi connectivity index (χ4n) is 7.36. The number of carbonyl (C=O) groups excluding carboxylic acids is 1. The van der Waals surface area contributed by atoms with Gasteiger partial charge in [-0.25, -0.2) is 66.3 Å². The van der Waals surface area contributed by atoms with Crippen LogP contribution in [0.2, 0.25) is 0 Å². The van der Waals surface area contributed by atoms with Gasteiger partial charge in [-0.05, 0) is 67.5 Å². The lowest BCUT2D eigenvalue weighted by atomic mass is 9.95. The highest BCUT2D eigenvalue weighted by Gasteiger charge is 2.43. The molecule has 0 saturated heterocycles. The summed E-state index contributed by atoms with van der Waals surface area (Å²) in [4.78, 5) is 15.4. The van der Waals surface area contributed by atoms with Crippen molar-refractivity contribution in [1.82, 2.24) is 0 Å². The summed E-state index contributed by atoms with van der Waals surface area (Å²) in [5.41, 5.74) is -5.55. The molecule has 5 nitrogen and oxygen atoms in total. The van der Waals surface area contributed by atoms with Gasteiger partial charge in [0, 0.05) is 26.3 Å². The Labute approximate surface area is 424 Å². The highest BCUT2D eigenvalue weighted by Crippen LogP contribution is 2.70. The first kappa shape index (κ1) is 55.8. The van der Waals surface area contributed by atoms with Crippen molar-refractivity contribution in [3.63, 3.8) is 0 Å². The quantitative estimate of drug-likeness (QED) is 0.0693. The van der Waals surface area contributed by atoms with Crippen LogP contribution >= 0.6 is 10.3 Å². The van der Waals surface area contributed by atoms with Crippen LogP contribution in [0.5, 0.6) is 34.5 Å². The molecule has 406 valence electrons. The van der Waals surface area contributed by atoms with Crippen molar-refractivity contribution in [2.75, 3.05) is 0 Å². The maximum atomic E-state index is 16.6. The lowest BCUT2D eigenvalue weighted by Gasteiger charge is -2.40. The number of carbonyl (C=O) groups is 1. The molecule has 0 unspecified atom stereocenters. The molecule has 0 bridgehead atoms. The minimum Gasteiger partial charge on any atom is -0.447 e. The van der Waals surface area contributed by atoms with E-state index in [-0.39, 0.29) is 20.8 Å². The zero-order chi connectivity index (χ0) is 57.3. The first-order valence-corrected chi connectivity index (χ1v) is 22.8. The van der Waals surface area contributed by atoms with Gasteiger partial charge in [0.25, 0.3) is 0 Å². The van der Waals surface area contributed by atoms with Gasteiger partial charge in [-0.2, -0.15) is 26.3 Å². The molecule has 0 aliphatic heterocycles. The number of ether oxygens (including phenoxy) is 3. The summed E-state index contributed by atoms with van der Waals surface area (Å²) < 4.78 is 327. The van der Waals surface area contributed by atoms with Crippen molar-refractivity contribution in [3.8, 4) is 45.6 Å². The Hall–Kier alpha value is -8.42. The molecule has 8 aromatic rings. The maximum Gasteiger partial charge on any atom is 0.350 e. The van der Waals surface area contributed by atoms with E-state index in [1.807, 2.05) is 0 Å². The van der Waals surface area contributed by atoms with Gasteiger partial charge < -0.3 is 18.4 Å². The summed E-state index contributed by atoms with van der Waals surface area (Å²) in [7, 11) is -3.96. The normalized spacial score (nSPS) is 11.8. The Morgan fingerprint density at radius 1 is 0.308 bits per heavy atom. The molecule has 0 aliphatic carbocycles. The summed E-state index contributed by atoms with van der Waals surface area (Å²) in [5, 5.41) is 0. The second kappa shape index (κ2) is 20.8. The third-order valence-electron chi connectivity index (χ3n) is 11.3. The van der Waals surface area contributed by atoms with Gasteiger partial charge in [-0.3, -0.25) is 0 Å². The van der Waals surface area contributed by atoms with Gasteiger partial charge in [0.1, 0.15) is 0 Å². The predicted molar refractivity (Wildman–Crippen MR) is 232 cm³/mol. The van der Waals surface area contributed by atoms with Crippen molar-refractivity contribution in [3.05, 3.63) is 217 Å². The van der Waals surface area contributed by atoms with Crippen LogP contribution in [-0.4, -0.2) is 5.97 Å². The second-order valence-electron chi connectivity index (χ2n) is 16.3. The van der Waals surface area contributed by atoms with E-state index in [9.17, 15) is 35.1 Å². The van der Waals surface area contributed by atoms with Crippen LogP contribution in [0.4, 0.5) is 87.8 Å². The standard InChI is InChI=1S/C52H22F20O5S/c1-17-4-10-20(11-5-17)78(21-12-6-18(2)7-13-21,22-14-8-19(3)9-15-22)77-52(73)23-16-24(74-49-41(67)35(61)32(58)36(62)42(49)68)47(75-50-43(69)37(63)33(59)38(64)44(50)70)48(76-51-45(71)39(65)34(60)40(66)46(51)72)25(23)26-27(53)29(55)31(57)30(56)28(26)54/h4-16H,1-3H3. The smallest absolute Gasteiger partial charge is 0.350 e. The van der Waals surface area contributed by atoms with Gasteiger partial charge >= 0.3 is 5.97 Å². The summed E-state index contributed by atoms with van der Waals surface area (Å²) in [6.07, 6.45) is 0. The van der Waals surface area contributed by atoms with Gasteiger partial charge in [0.15, 0.2) is 34.8 Å².